The smallest absolute Gasteiger partial charge is 0.339 e. The largest absolute Gasteiger partial charge is 0.478 e. The van der Waals surface area contributed by atoms with Crippen LogP contribution in [0.15, 0.2) is 48.5 Å². The first kappa shape index (κ1) is 14.3. The molecule has 2 aromatic carbocycles. The van der Waals surface area contributed by atoms with Crippen LogP contribution in [0.3, 0.4) is 0 Å². The van der Waals surface area contributed by atoms with Gasteiger partial charge < -0.3 is 9.84 Å². The third-order valence-electron chi connectivity index (χ3n) is 3.95. The molecule has 0 aliphatic heterocycles. The summed E-state index contributed by atoms with van der Waals surface area (Å²) in [6.07, 6.45) is 2.10. The van der Waals surface area contributed by atoms with E-state index >= 15 is 0 Å². The van der Waals surface area contributed by atoms with Crippen molar-refractivity contribution in [1.29, 1.82) is 0 Å². The SMILES string of the molecule is O=C(O)c1ccccc1C(=O)OC1CCc2ccccc2C1. The molecule has 0 fully saturated rings. The average Bonchev–Trinajstić information content (AvgIpc) is 2.54. The molecule has 4 heteroatoms. The van der Waals surface area contributed by atoms with E-state index in [-0.39, 0.29) is 17.2 Å². The molecule has 0 aromatic heterocycles. The van der Waals surface area contributed by atoms with Gasteiger partial charge in [0.25, 0.3) is 0 Å². The van der Waals surface area contributed by atoms with E-state index in [2.05, 4.69) is 6.07 Å². The Morgan fingerprint density at radius 1 is 0.955 bits per heavy atom. The van der Waals surface area contributed by atoms with Gasteiger partial charge in [-0.1, -0.05) is 36.4 Å². The highest BCUT2D eigenvalue weighted by molar-refractivity contribution is 6.02. The fourth-order valence-corrected chi connectivity index (χ4v) is 2.83. The number of fused-ring (bicyclic) bond motifs is 1. The Morgan fingerprint density at radius 2 is 1.59 bits per heavy atom. The lowest BCUT2D eigenvalue weighted by atomic mass is 9.90. The van der Waals surface area contributed by atoms with Gasteiger partial charge in [-0.15, -0.1) is 0 Å². The number of carboxylic acid groups (broad SMARTS) is 1. The van der Waals surface area contributed by atoms with E-state index in [0.717, 1.165) is 12.8 Å². The van der Waals surface area contributed by atoms with Crippen LogP contribution in [0.2, 0.25) is 0 Å². The standard InChI is InChI=1S/C18H16O4/c19-17(20)15-7-3-4-8-16(15)18(21)22-14-10-9-12-5-1-2-6-13(12)11-14/h1-8,14H,9-11H2,(H,19,20). The van der Waals surface area contributed by atoms with Crippen LogP contribution in [0, 0.1) is 0 Å². The van der Waals surface area contributed by atoms with Crippen LogP contribution in [0.1, 0.15) is 38.3 Å². The molecule has 1 N–H and O–H groups in total. The monoisotopic (exact) mass is 296 g/mol. The number of carbonyl (C=O) groups is 2. The Hall–Kier alpha value is -2.62. The summed E-state index contributed by atoms with van der Waals surface area (Å²) in [5.41, 5.74) is 2.57. The van der Waals surface area contributed by atoms with Crippen molar-refractivity contribution in [3.63, 3.8) is 0 Å². The van der Waals surface area contributed by atoms with Crippen molar-refractivity contribution < 1.29 is 19.4 Å². The van der Waals surface area contributed by atoms with Crippen LogP contribution >= 0.6 is 0 Å². The summed E-state index contributed by atoms with van der Waals surface area (Å²) in [5.74, 6) is -1.69. The molecular weight excluding hydrogens is 280 g/mol. The molecule has 112 valence electrons. The second-order valence-electron chi connectivity index (χ2n) is 5.39. The van der Waals surface area contributed by atoms with Gasteiger partial charge in [-0.2, -0.15) is 0 Å². The molecule has 1 atom stereocenters. The summed E-state index contributed by atoms with van der Waals surface area (Å²) < 4.78 is 5.52. The van der Waals surface area contributed by atoms with Gasteiger partial charge in [0.2, 0.25) is 0 Å². The molecule has 1 unspecified atom stereocenters. The number of carboxylic acids is 1. The zero-order valence-electron chi connectivity index (χ0n) is 12.0. The average molecular weight is 296 g/mol. The van der Waals surface area contributed by atoms with Crippen LogP contribution in [-0.2, 0) is 17.6 Å². The number of rotatable bonds is 3. The van der Waals surface area contributed by atoms with Crippen LogP contribution in [0.5, 0.6) is 0 Å². The molecule has 2 aromatic rings. The minimum absolute atomic E-state index is 0.0243. The number of aromatic carboxylic acids is 1. The first-order valence-corrected chi connectivity index (χ1v) is 7.25. The maximum Gasteiger partial charge on any atom is 0.339 e. The lowest BCUT2D eigenvalue weighted by molar-refractivity contribution is 0.0266. The number of benzene rings is 2. The van der Waals surface area contributed by atoms with Crippen molar-refractivity contribution in [3.8, 4) is 0 Å². The number of aryl methyl sites for hydroxylation is 1. The topological polar surface area (TPSA) is 63.6 Å². The quantitative estimate of drug-likeness (QED) is 0.884. The Labute approximate surface area is 128 Å². The Morgan fingerprint density at radius 3 is 2.32 bits per heavy atom. The van der Waals surface area contributed by atoms with Crippen molar-refractivity contribution in [2.24, 2.45) is 0 Å². The maximum absolute atomic E-state index is 12.3. The minimum atomic E-state index is -1.12. The number of hydrogen-bond acceptors (Lipinski definition) is 3. The first-order chi connectivity index (χ1) is 10.6. The second kappa shape index (κ2) is 6.02. The summed E-state index contributed by atoms with van der Waals surface area (Å²) in [4.78, 5) is 23.4. The normalized spacial score (nSPS) is 16.6. The van der Waals surface area contributed by atoms with Crippen LogP contribution < -0.4 is 0 Å². The van der Waals surface area contributed by atoms with Crippen molar-refractivity contribution in [2.45, 2.75) is 25.4 Å². The third-order valence-corrected chi connectivity index (χ3v) is 3.95. The van der Waals surface area contributed by atoms with Crippen LogP contribution in [-0.4, -0.2) is 23.1 Å². The van der Waals surface area contributed by atoms with Gasteiger partial charge in [0.05, 0.1) is 11.1 Å². The van der Waals surface area contributed by atoms with E-state index in [1.165, 1.54) is 23.3 Å². The zero-order chi connectivity index (χ0) is 15.5. The fourth-order valence-electron chi connectivity index (χ4n) is 2.83. The third kappa shape index (κ3) is 2.86. The van der Waals surface area contributed by atoms with Gasteiger partial charge in [-0.05, 0) is 36.1 Å². The predicted octanol–water partition coefficient (Wildman–Crippen LogP) is 3.10. The van der Waals surface area contributed by atoms with E-state index in [9.17, 15) is 9.59 Å². The highest BCUT2D eigenvalue weighted by Crippen LogP contribution is 2.24. The van der Waals surface area contributed by atoms with Crippen LogP contribution in [0.25, 0.3) is 0 Å². The maximum atomic E-state index is 12.3. The molecule has 3 rings (SSSR count). The van der Waals surface area contributed by atoms with E-state index in [4.69, 9.17) is 9.84 Å². The van der Waals surface area contributed by atoms with E-state index in [0.29, 0.717) is 6.42 Å². The molecule has 0 radical (unpaired) electrons. The number of carbonyl (C=O) groups excluding carboxylic acids is 1. The minimum Gasteiger partial charge on any atom is -0.478 e. The number of esters is 1. The van der Waals surface area contributed by atoms with Gasteiger partial charge in [-0.25, -0.2) is 9.59 Å². The molecule has 0 saturated carbocycles. The van der Waals surface area contributed by atoms with E-state index in [1.54, 1.807) is 12.1 Å². The number of hydrogen-bond donors (Lipinski definition) is 1. The van der Waals surface area contributed by atoms with Crippen molar-refractivity contribution in [1.82, 2.24) is 0 Å². The molecule has 22 heavy (non-hydrogen) atoms. The highest BCUT2D eigenvalue weighted by Gasteiger charge is 2.24. The lowest BCUT2D eigenvalue weighted by Gasteiger charge is -2.24. The Bertz CT molecular complexity index is 721. The molecule has 0 saturated heterocycles. The molecule has 1 aliphatic rings. The van der Waals surface area contributed by atoms with Gasteiger partial charge >= 0.3 is 11.9 Å². The predicted molar refractivity (Wildman–Crippen MR) is 81.1 cm³/mol. The van der Waals surface area contributed by atoms with Crippen LogP contribution in [0.4, 0.5) is 0 Å². The zero-order valence-corrected chi connectivity index (χ0v) is 12.0. The van der Waals surface area contributed by atoms with Crippen molar-refractivity contribution in [3.05, 3.63) is 70.8 Å². The van der Waals surface area contributed by atoms with Gasteiger partial charge in [-0.3, -0.25) is 0 Å². The second-order valence-corrected chi connectivity index (χ2v) is 5.39. The molecule has 4 nitrogen and oxygen atoms in total. The molecular formula is C18H16O4. The molecule has 0 heterocycles. The summed E-state index contributed by atoms with van der Waals surface area (Å²) >= 11 is 0. The fraction of sp³-hybridized carbons (Fsp3) is 0.222. The van der Waals surface area contributed by atoms with E-state index < -0.39 is 11.9 Å². The lowest BCUT2D eigenvalue weighted by Crippen LogP contribution is -2.26. The Kier molecular flexibility index (Phi) is 3.92. The highest BCUT2D eigenvalue weighted by atomic mass is 16.5. The van der Waals surface area contributed by atoms with Gasteiger partial charge in [0.1, 0.15) is 6.10 Å². The summed E-state index contributed by atoms with van der Waals surface area (Å²) in [7, 11) is 0. The molecule has 0 spiro atoms. The van der Waals surface area contributed by atoms with Gasteiger partial charge in [0, 0.05) is 6.42 Å². The molecule has 0 amide bonds. The molecule has 1 aliphatic carbocycles. The summed E-state index contributed by atoms with van der Waals surface area (Å²) in [6.45, 7) is 0. The Balaban J connectivity index is 1.75. The summed E-state index contributed by atoms with van der Waals surface area (Å²) in [5, 5.41) is 9.14. The molecule has 0 bridgehead atoms. The first-order valence-electron chi connectivity index (χ1n) is 7.25. The summed E-state index contributed by atoms with van der Waals surface area (Å²) in [6, 6.07) is 14.2. The van der Waals surface area contributed by atoms with Crippen molar-refractivity contribution >= 4 is 11.9 Å². The van der Waals surface area contributed by atoms with Crippen molar-refractivity contribution in [2.75, 3.05) is 0 Å². The van der Waals surface area contributed by atoms with E-state index in [1.807, 2.05) is 18.2 Å². The number of ether oxygens (including phenoxy) is 1. The van der Waals surface area contributed by atoms with Gasteiger partial charge in [0.15, 0.2) is 0 Å².